The van der Waals surface area contributed by atoms with E-state index in [-0.39, 0.29) is 19.1 Å². The zero-order valence-electron chi connectivity index (χ0n) is 16.0. The van der Waals surface area contributed by atoms with Crippen molar-refractivity contribution in [1.29, 1.82) is 0 Å². The van der Waals surface area contributed by atoms with Gasteiger partial charge in [-0.1, -0.05) is 6.07 Å². The Kier molecular flexibility index (Phi) is 4.83. The van der Waals surface area contributed by atoms with Gasteiger partial charge >= 0.3 is 0 Å². The molecule has 6 nitrogen and oxygen atoms in total. The molecule has 0 saturated carbocycles. The van der Waals surface area contributed by atoms with E-state index in [1.807, 2.05) is 25.1 Å². The first-order chi connectivity index (χ1) is 13.1. The van der Waals surface area contributed by atoms with E-state index in [4.69, 9.17) is 15.1 Å². The summed E-state index contributed by atoms with van der Waals surface area (Å²) < 4.78 is 0. The Hall–Kier alpha value is -2.47. The number of anilines is 1. The molecule has 1 atom stereocenters. The number of aryl methyl sites for hydroxylation is 2. The van der Waals surface area contributed by atoms with Crippen molar-refractivity contribution in [2.24, 2.45) is 0 Å². The van der Waals surface area contributed by atoms with Gasteiger partial charge in [-0.05, 0) is 57.2 Å². The second kappa shape index (κ2) is 7.27. The summed E-state index contributed by atoms with van der Waals surface area (Å²) in [5.74, 6) is 0.683. The highest BCUT2D eigenvalue weighted by Crippen LogP contribution is 2.34. The van der Waals surface area contributed by atoms with Crippen LogP contribution in [0.5, 0.6) is 0 Å². The molecule has 0 bridgehead atoms. The highest BCUT2D eigenvalue weighted by Gasteiger charge is 2.29. The van der Waals surface area contributed by atoms with E-state index >= 15 is 0 Å². The summed E-state index contributed by atoms with van der Waals surface area (Å²) in [7, 11) is 0. The minimum absolute atomic E-state index is 0.0619. The third-order valence-electron chi connectivity index (χ3n) is 5.64. The number of nitrogens with zero attached hydrogens (tertiary/aromatic N) is 3. The number of aliphatic hydroxyl groups excluding tert-OH is 1. The zero-order valence-corrected chi connectivity index (χ0v) is 16.0. The van der Waals surface area contributed by atoms with Crippen molar-refractivity contribution in [2.75, 3.05) is 24.6 Å². The van der Waals surface area contributed by atoms with E-state index in [1.54, 1.807) is 0 Å². The van der Waals surface area contributed by atoms with Crippen molar-refractivity contribution >= 4 is 11.9 Å². The molecule has 1 fully saturated rings. The van der Waals surface area contributed by atoms with Crippen molar-refractivity contribution in [3.8, 4) is 11.3 Å². The fourth-order valence-corrected chi connectivity index (χ4v) is 3.93. The molecular formula is C21H26N4O2. The average molecular weight is 366 g/mol. The lowest BCUT2D eigenvalue weighted by molar-refractivity contribution is 0.0944. The molecule has 1 aromatic heterocycles. The Morgan fingerprint density at radius 3 is 2.85 bits per heavy atom. The smallest absolute Gasteiger partial charge is 0.251 e. The minimum atomic E-state index is -0.156. The summed E-state index contributed by atoms with van der Waals surface area (Å²) in [6, 6.07) is 6.37. The molecule has 0 radical (unpaired) electrons. The molecule has 2 N–H and O–H groups in total. The number of rotatable bonds is 5. The first-order valence-electron chi connectivity index (χ1n) is 9.75. The quantitative estimate of drug-likeness (QED) is 0.849. The number of aliphatic hydroxyl groups is 1. The second-order valence-corrected chi connectivity index (χ2v) is 7.49. The standard InChI is InChI=1S/C21H26N4O2/c1-13-12-15(6-7-16(13)20(27)22-9-11-26)19-17-4-3-5-18(17)23-21(24-19)25-10-8-14(25)2/h6-7,12,14,26H,3-5,8-11H2,1-2H3,(H,22,27)/t14-/m0/s1. The lowest BCUT2D eigenvalue weighted by atomic mass is 9.99. The van der Waals surface area contributed by atoms with Gasteiger partial charge in [-0.2, -0.15) is 0 Å². The number of benzene rings is 1. The van der Waals surface area contributed by atoms with Crippen molar-refractivity contribution in [2.45, 2.75) is 45.6 Å². The van der Waals surface area contributed by atoms with Gasteiger partial charge in [0.1, 0.15) is 0 Å². The molecule has 2 aliphatic rings. The number of carbonyl (C=O) groups is 1. The molecular weight excluding hydrogens is 340 g/mol. The number of hydrogen-bond donors (Lipinski definition) is 2. The van der Waals surface area contributed by atoms with Crippen LogP contribution in [0.15, 0.2) is 18.2 Å². The highest BCUT2D eigenvalue weighted by molar-refractivity contribution is 5.96. The Morgan fingerprint density at radius 1 is 1.33 bits per heavy atom. The van der Waals surface area contributed by atoms with Crippen molar-refractivity contribution in [3.63, 3.8) is 0 Å². The molecule has 142 valence electrons. The summed E-state index contributed by atoms with van der Waals surface area (Å²) in [6.07, 6.45) is 4.34. The molecule has 1 amide bonds. The van der Waals surface area contributed by atoms with E-state index in [0.29, 0.717) is 11.6 Å². The van der Waals surface area contributed by atoms with Crippen molar-refractivity contribution in [1.82, 2.24) is 15.3 Å². The molecule has 1 aromatic carbocycles. The van der Waals surface area contributed by atoms with Crippen LogP contribution < -0.4 is 10.2 Å². The summed E-state index contributed by atoms with van der Waals surface area (Å²) in [5, 5.41) is 11.6. The number of amides is 1. The Labute approximate surface area is 159 Å². The van der Waals surface area contributed by atoms with Gasteiger partial charge < -0.3 is 15.3 Å². The predicted octanol–water partition coefficient (Wildman–Crippen LogP) is 2.26. The topological polar surface area (TPSA) is 78.4 Å². The van der Waals surface area contributed by atoms with Crippen LogP contribution in [0.2, 0.25) is 0 Å². The largest absolute Gasteiger partial charge is 0.395 e. The van der Waals surface area contributed by atoms with Crippen molar-refractivity contribution in [3.05, 3.63) is 40.6 Å². The summed E-state index contributed by atoms with van der Waals surface area (Å²) in [5.41, 5.74) is 6.03. The van der Waals surface area contributed by atoms with E-state index in [9.17, 15) is 4.79 Å². The Balaban J connectivity index is 1.70. The molecule has 2 heterocycles. The van der Waals surface area contributed by atoms with Crippen LogP contribution in [0.4, 0.5) is 5.95 Å². The molecule has 1 aliphatic carbocycles. The molecule has 2 aromatic rings. The minimum Gasteiger partial charge on any atom is -0.395 e. The van der Waals surface area contributed by atoms with E-state index in [1.165, 1.54) is 17.7 Å². The molecule has 1 saturated heterocycles. The number of carbonyl (C=O) groups excluding carboxylic acids is 1. The normalized spacial score (nSPS) is 18.2. The van der Waals surface area contributed by atoms with Gasteiger partial charge in [0, 0.05) is 41.5 Å². The maximum absolute atomic E-state index is 12.2. The highest BCUT2D eigenvalue weighted by atomic mass is 16.3. The molecule has 1 aliphatic heterocycles. The van der Waals surface area contributed by atoms with Crippen LogP contribution in [0, 0.1) is 6.92 Å². The maximum atomic E-state index is 12.2. The second-order valence-electron chi connectivity index (χ2n) is 7.49. The van der Waals surface area contributed by atoms with Crippen LogP contribution in [0.25, 0.3) is 11.3 Å². The van der Waals surface area contributed by atoms with Gasteiger partial charge in [-0.15, -0.1) is 0 Å². The number of hydrogen-bond acceptors (Lipinski definition) is 5. The maximum Gasteiger partial charge on any atom is 0.251 e. The molecule has 4 rings (SSSR count). The molecule has 0 unspecified atom stereocenters. The summed E-state index contributed by atoms with van der Waals surface area (Å²) >= 11 is 0. The Bertz CT molecular complexity index is 881. The fraction of sp³-hybridized carbons (Fsp3) is 0.476. The van der Waals surface area contributed by atoms with E-state index in [2.05, 4.69) is 17.1 Å². The van der Waals surface area contributed by atoms with Gasteiger partial charge in [0.25, 0.3) is 5.91 Å². The first kappa shape index (κ1) is 17.9. The number of fused-ring (bicyclic) bond motifs is 1. The van der Waals surface area contributed by atoms with Gasteiger partial charge in [0.05, 0.1) is 12.3 Å². The SMILES string of the molecule is Cc1cc(-c2nc(N3CC[C@@H]3C)nc3c2CCC3)ccc1C(=O)NCCO. The van der Waals surface area contributed by atoms with Crippen LogP contribution >= 0.6 is 0 Å². The van der Waals surface area contributed by atoms with Crippen LogP contribution in [-0.2, 0) is 12.8 Å². The van der Waals surface area contributed by atoms with Gasteiger partial charge in [-0.3, -0.25) is 4.79 Å². The average Bonchev–Trinajstić information content (AvgIpc) is 3.12. The lowest BCUT2D eigenvalue weighted by Crippen LogP contribution is -2.46. The van der Waals surface area contributed by atoms with Gasteiger partial charge in [0.15, 0.2) is 0 Å². The van der Waals surface area contributed by atoms with E-state index < -0.39 is 0 Å². The summed E-state index contributed by atoms with van der Waals surface area (Å²) in [6.45, 7) is 5.37. The van der Waals surface area contributed by atoms with E-state index in [0.717, 1.165) is 48.6 Å². The monoisotopic (exact) mass is 366 g/mol. The third-order valence-corrected chi connectivity index (χ3v) is 5.64. The molecule has 6 heteroatoms. The van der Waals surface area contributed by atoms with Crippen LogP contribution in [-0.4, -0.2) is 46.7 Å². The predicted molar refractivity (Wildman–Crippen MR) is 105 cm³/mol. The van der Waals surface area contributed by atoms with Crippen LogP contribution in [0.3, 0.4) is 0 Å². The number of aromatic nitrogens is 2. The van der Waals surface area contributed by atoms with Gasteiger partial charge in [0.2, 0.25) is 5.95 Å². The van der Waals surface area contributed by atoms with Crippen molar-refractivity contribution < 1.29 is 9.90 Å². The molecule has 0 spiro atoms. The van der Waals surface area contributed by atoms with Crippen LogP contribution in [0.1, 0.15) is 46.9 Å². The Morgan fingerprint density at radius 2 is 2.19 bits per heavy atom. The summed E-state index contributed by atoms with van der Waals surface area (Å²) in [4.78, 5) is 24.3. The molecule has 27 heavy (non-hydrogen) atoms. The fourth-order valence-electron chi connectivity index (χ4n) is 3.93. The number of nitrogens with one attached hydrogen (secondary N) is 1. The van der Waals surface area contributed by atoms with Gasteiger partial charge in [-0.25, -0.2) is 9.97 Å². The zero-order chi connectivity index (χ0) is 19.0. The first-order valence-corrected chi connectivity index (χ1v) is 9.75. The third kappa shape index (κ3) is 3.30. The lowest BCUT2D eigenvalue weighted by Gasteiger charge is -2.39.